The molecule has 0 aromatic heterocycles. The fourth-order valence-electron chi connectivity index (χ4n) is 3.89. The molecule has 0 radical (unpaired) electrons. The van der Waals surface area contributed by atoms with Crippen LogP contribution in [-0.2, 0) is 11.3 Å². The highest BCUT2D eigenvalue weighted by Crippen LogP contribution is 2.31. The highest BCUT2D eigenvalue weighted by molar-refractivity contribution is 5.82. The molecule has 6 nitrogen and oxygen atoms in total. The van der Waals surface area contributed by atoms with E-state index in [4.69, 9.17) is 9.47 Å². The molecule has 2 aromatic rings. The zero-order valence-corrected chi connectivity index (χ0v) is 15.8. The van der Waals surface area contributed by atoms with Crippen LogP contribution in [0.15, 0.2) is 54.6 Å². The van der Waals surface area contributed by atoms with Crippen LogP contribution < -0.4 is 14.8 Å². The fourth-order valence-corrected chi connectivity index (χ4v) is 3.89. The van der Waals surface area contributed by atoms with E-state index in [1.54, 1.807) is 6.07 Å². The Morgan fingerprint density at radius 3 is 2.64 bits per heavy atom. The first-order valence-corrected chi connectivity index (χ1v) is 9.79. The third kappa shape index (κ3) is 4.29. The van der Waals surface area contributed by atoms with Gasteiger partial charge in [-0.2, -0.15) is 0 Å². The summed E-state index contributed by atoms with van der Waals surface area (Å²) >= 11 is 0. The summed E-state index contributed by atoms with van der Waals surface area (Å²) in [4.78, 5) is 15.0. The first kappa shape index (κ1) is 18.8. The summed E-state index contributed by atoms with van der Waals surface area (Å²) in [7, 11) is 0. The molecule has 3 atom stereocenters. The second-order valence-corrected chi connectivity index (χ2v) is 7.43. The molecule has 2 N–H and O–H groups in total. The van der Waals surface area contributed by atoms with Gasteiger partial charge in [-0.3, -0.25) is 9.69 Å². The molecule has 0 unspecified atom stereocenters. The van der Waals surface area contributed by atoms with E-state index < -0.39 is 6.10 Å². The standard InChI is InChI=1S/C22H26N2O4/c25-14-17-13-24(12-16-6-2-1-3-7-16)11-10-18(17)23-22(26)21-15-27-19-8-4-5-9-20(19)28-21/h1-9,17-18,21,25H,10-15H2,(H,23,26)/t17-,18-,21-/m1/s1. The highest BCUT2D eigenvalue weighted by atomic mass is 16.6. The van der Waals surface area contributed by atoms with Crippen LogP contribution >= 0.6 is 0 Å². The van der Waals surface area contributed by atoms with Crippen LogP contribution in [0.1, 0.15) is 12.0 Å². The van der Waals surface area contributed by atoms with E-state index in [0.717, 1.165) is 26.1 Å². The van der Waals surface area contributed by atoms with Crippen molar-refractivity contribution in [3.05, 3.63) is 60.2 Å². The number of rotatable bonds is 5. The molecule has 0 bridgehead atoms. The number of aliphatic hydroxyl groups excluding tert-OH is 1. The Hall–Kier alpha value is -2.57. The van der Waals surface area contributed by atoms with Gasteiger partial charge in [0.25, 0.3) is 5.91 Å². The number of hydrogen-bond acceptors (Lipinski definition) is 5. The lowest BCUT2D eigenvalue weighted by atomic mass is 9.92. The Labute approximate surface area is 165 Å². The average molecular weight is 382 g/mol. The van der Waals surface area contributed by atoms with Gasteiger partial charge >= 0.3 is 0 Å². The maximum Gasteiger partial charge on any atom is 0.264 e. The first-order chi connectivity index (χ1) is 13.7. The lowest BCUT2D eigenvalue weighted by molar-refractivity contribution is -0.132. The third-order valence-electron chi connectivity index (χ3n) is 5.43. The number of carbonyl (C=O) groups excluding carboxylic acids is 1. The van der Waals surface area contributed by atoms with Gasteiger partial charge in [0, 0.05) is 38.2 Å². The Morgan fingerprint density at radius 2 is 1.86 bits per heavy atom. The van der Waals surface area contributed by atoms with Crippen molar-refractivity contribution >= 4 is 5.91 Å². The maximum absolute atomic E-state index is 12.7. The SMILES string of the molecule is O=C(N[C@@H]1CCN(Cc2ccccc2)C[C@@H]1CO)[C@H]1COc2ccccc2O1. The van der Waals surface area contributed by atoms with Crippen molar-refractivity contribution < 1.29 is 19.4 Å². The van der Waals surface area contributed by atoms with Crippen LogP contribution in [0.2, 0.25) is 0 Å². The first-order valence-electron chi connectivity index (χ1n) is 9.79. The molecule has 0 saturated carbocycles. The summed E-state index contributed by atoms with van der Waals surface area (Å²) in [5, 5.41) is 12.9. The van der Waals surface area contributed by atoms with E-state index in [1.807, 2.05) is 36.4 Å². The minimum atomic E-state index is -0.670. The van der Waals surface area contributed by atoms with E-state index in [2.05, 4.69) is 22.3 Å². The van der Waals surface area contributed by atoms with Gasteiger partial charge in [-0.05, 0) is 24.1 Å². The molecule has 0 aliphatic carbocycles. The van der Waals surface area contributed by atoms with E-state index in [9.17, 15) is 9.90 Å². The number of ether oxygens (including phenoxy) is 2. The van der Waals surface area contributed by atoms with Gasteiger partial charge < -0.3 is 19.9 Å². The third-order valence-corrected chi connectivity index (χ3v) is 5.43. The van der Waals surface area contributed by atoms with Crippen LogP contribution in [0, 0.1) is 5.92 Å². The molecule has 1 fully saturated rings. The van der Waals surface area contributed by atoms with Crippen molar-refractivity contribution in [1.82, 2.24) is 10.2 Å². The minimum Gasteiger partial charge on any atom is -0.485 e. The van der Waals surface area contributed by atoms with Crippen LogP contribution in [0.3, 0.4) is 0 Å². The molecule has 2 heterocycles. The van der Waals surface area contributed by atoms with Crippen LogP contribution in [-0.4, -0.2) is 54.4 Å². The number of para-hydroxylation sites is 2. The van der Waals surface area contributed by atoms with Crippen molar-refractivity contribution in [3.8, 4) is 11.5 Å². The monoisotopic (exact) mass is 382 g/mol. The molecule has 28 heavy (non-hydrogen) atoms. The van der Waals surface area contributed by atoms with Crippen LogP contribution in [0.25, 0.3) is 0 Å². The fraction of sp³-hybridized carbons (Fsp3) is 0.409. The average Bonchev–Trinajstić information content (AvgIpc) is 2.75. The predicted octanol–water partition coefficient (Wildman–Crippen LogP) is 1.83. The highest BCUT2D eigenvalue weighted by Gasteiger charge is 2.34. The molecular formula is C22H26N2O4. The number of piperidine rings is 1. The molecular weight excluding hydrogens is 356 g/mol. The van der Waals surface area contributed by atoms with Gasteiger partial charge in [0.05, 0.1) is 0 Å². The van der Waals surface area contributed by atoms with Gasteiger partial charge in [0.15, 0.2) is 11.5 Å². The maximum atomic E-state index is 12.7. The summed E-state index contributed by atoms with van der Waals surface area (Å²) in [5.41, 5.74) is 1.26. The Balaban J connectivity index is 1.33. The molecule has 1 amide bonds. The number of amides is 1. The molecule has 2 aliphatic heterocycles. The summed E-state index contributed by atoms with van der Waals surface area (Å²) in [6.45, 7) is 2.72. The molecule has 6 heteroatoms. The summed E-state index contributed by atoms with van der Waals surface area (Å²) in [6.07, 6.45) is 0.130. The second kappa shape index (κ2) is 8.63. The second-order valence-electron chi connectivity index (χ2n) is 7.43. The smallest absolute Gasteiger partial charge is 0.264 e. The van der Waals surface area contributed by atoms with Crippen molar-refractivity contribution in [3.63, 3.8) is 0 Å². The molecule has 2 aromatic carbocycles. The normalized spacial score (nSPS) is 24.5. The number of aliphatic hydroxyl groups is 1. The van der Waals surface area contributed by atoms with Gasteiger partial charge in [0.1, 0.15) is 6.61 Å². The molecule has 148 valence electrons. The van der Waals surface area contributed by atoms with Crippen molar-refractivity contribution in [2.45, 2.75) is 25.1 Å². The van der Waals surface area contributed by atoms with Gasteiger partial charge in [-0.25, -0.2) is 0 Å². The Bertz CT molecular complexity index is 798. The largest absolute Gasteiger partial charge is 0.485 e. The number of hydrogen-bond donors (Lipinski definition) is 2. The summed E-state index contributed by atoms with van der Waals surface area (Å²) in [5.74, 6) is 1.06. The lowest BCUT2D eigenvalue weighted by Gasteiger charge is -2.39. The minimum absolute atomic E-state index is 0.00166. The summed E-state index contributed by atoms with van der Waals surface area (Å²) < 4.78 is 11.4. The predicted molar refractivity (Wildman–Crippen MR) is 105 cm³/mol. The number of likely N-dealkylation sites (tertiary alicyclic amines) is 1. The zero-order valence-electron chi connectivity index (χ0n) is 15.8. The van der Waals surface area contributed by atoms with Gasteiger partial charge in [-0.1, -0.05) is 42.5 Å². The molecule has 4 rings (SSSR count). The quantitative estimate of drug-likeness (QED) is 0.826. The topological polar surface area (TPSA) is 71.0 Å². The van der Waals surface area contributed by atoms with E-state index in [0.29, 0.717) is 11.5 Å². The number of nitrogens with one attached hydrogen (secondary N) is 1. The van der Waals surface area contributed by atoms with Crippen molar-refractivity contribution in [2.75, 3.05) is 26.3 Å². The number of benzene rings is 2. The van der Waals surface area contributed by atoms with Crippen LogP contribution in [0.5, 0.6) is 11.5 Å². The number of carbonyl (C=O) groups is 1. The molecule has 2 aliphatic rings. The number of nitrogens with zero attached hydrogens (tertiary/aromatic N) is 1. The van der Waals surface area contributed by atoms with E-state index in [1.165, 1.54) is 5.56 Å². The van der Waals surface area contributed by atoms with Crippen LogP contribution in [0.4, 0.5) is 0 Å². The zero-order chi connectivity index (χ0) is 19.3. The molecule has 1 saturated heterocycles. The summed E-state index contributed by atoms with van der Waals surface area (Å²) in [6, 6.07) is 17.6. The van der Waals surface area contributed by atoms with Crippen molar-refractivity contribution in [1.29, 1.82) is 0 Å². The van der Waals surface area contributed by atoms with Crippen molar-refractivity contribution in [2.24, 2.45) is 5.92 Å². The number of fused-ring (bicyclic) bond motifs is 1. The van der Waals surface area contributed by atoms with E-state index >= 15 is 0 Å². The van der Waals surface area contributed by atoms with Gasteiger partial charge in [-0.15, -0.1) is 0 Å². The van der Waals surface area contributed by atoms with E-state index in [-0.39, 0.29) is 31.1 Å². The van der Waals surface area contributed by atoms with Gasteiger partial charge in [0.2, 0.25) is 6.10 Å². The lowest BCUT2D eigenvalue weighted by Crippen LogP contribution is -2.55. The Morgan fingerprint density at radius 1 is 1.11 bits per heavy atom. The Kier molecular flexibility index (Phi) is 5.78. The molecule has 0 spiro atoms.